The van der Waals surface area contributed by atoms with Gasteiger partial charge in [0.1, 0.15) is 18.3 Å². The first-order valence-corrected chi connectivity index (χ1v) is 15.4. The number of carbonyl (C=O) groups excluding carboxylic acids is 2. The number of rotatable bonds is 12. The smallest absolute Gasteiger partial charge is 0.264 e. The molecule has 0 saturated heterocycles. The molecule has 3 rings (SSSR count). The largest absolute Gasteiger partial charge is 0.495 e. The summed E-state index contributed by atoms with van der Waals surface area (Å²) in [7, 11) is -2.81. The van der Waals surface area contributed by atoms with Crippen molar-refractivity contribution < 1.29 is 22.7 Å². The molecule has 0 bridgehead atoms. The van der Waals surface area contributed by atoms with Crippen LogP contribution >= 0.6 is 34.8 Å². The lowest BCUT2D eigenvalue weighted by atomic mass is 10.1. The minimum absolute atomic E-state index is 0.0164. The molecule has 1 atom stereocenters. The maximum absolute atomic E-state index is 14.0. The Kier molecular flexibility index (Phi) is 11.3. The monoisotopic (exact) mass is 639 g/mol. The summed E-state index contributed by atoms with van der Waals surface area (Å²) in [6.45, 7) is 4.97. The molecular formula is C29H32Cl3N3O5S. The van der Waals surface area contributed by atoms with E-state index in [1.54, 1.807) is 37.3 Å². The summed E-state index contributed by atoms with van der Waals surface area (Å²) in [6.07, 6.45) is 0.698. The van der Waals surface area contributed by atoms with E-state index in [0.29, 0.717) is 34.3 Å². The predicted molar refractivity (Wildman–Crippen MR) is 163 cm³/mol. The van der Waals surface area contributed by atoms with Crippen molar-refractivity contribution >= 4 is 62.3 Å². The molecule has 0 fully saturated rings. The van der Waals surface area contributed by atoms with Gasteiger partial charge in [0.05, 0.1) is 22.7 Å². The molecule has 0 aliphatic rings. The summed E-state index contributed by atoms with van der Waals surface area (Å²) >= 11 is 19.2. The number of benzene rings is 3. The normalized spacial score (nSPS) is 12.0. The van der Waals surface area contributed by atoms with Crippen molar-refractivity contribution in [2.45, 2.75) is 44.7 Å². The highest BCUT2D eigenvalue weighted by Gasteiger charge is 2.33. The van der Waals surface area contributed by atoms with Gasteiger partial charge in [0, 0.05) is 28.7 Å². The quantitative estimate of drug-likeness (QED) is 0.258. The van der Waals surface area contributed by atoms with Crippen molar-refractivity contribution in [2.75, 3.05) is 24.5 Å². The molecule has 0 aliphatic heterocycles. The fourth-order valence-electron chi connectivity index (χ4n) is 4.01. The highest BCUT2D eigenvalue weighted by molar-refractivity contribution is 7.92. The van der Waals surface area contributed by atoms with Crippen molar-refractivity contribution in [3.8, 4) is 5.75 Å². The van der Waals surface area contributed by atoms with Crippen LogP contribution in [0.3, 0.4) is 0 Å². The highest BCUT2D eigenvalue weighted by Crippen LogP contribution is 2.33. The van der Waals surface area contributed by atoms with E-state index in [4.69, 9.17) is 39.5 Å². The van der Waals surface area contributed by atoms with Crippen LogP contribution in [0.2, 0.25) is 15.1 Å². The highest BCUT2D eigenvalue weighted by atomic mass is 35.5. The third-order valence-corrected chi connectivity index (χ3v) is 9.21. The Morgan fingerprint density at radius 1 is 0.976 bits per heavy atom. The van der Waals surface area contributed by atoms with E-state index in [9.17, 15) is 18.0 Å². The van der Waals surface area contributed by atoms with Crippen LogP contribution in [0.15, 0.2) is 65.6 Å². The molecular weight excluding hydrogens is 609 g/mol. The van der Waals surface area contributed by atoms with Crippen molar-refractivity contribution in [3.63, 3.8) is 0 Å². The van der Waals surface area contributed by atoms with Gasteiger partial charge in [-0.15, -0.1) is 0 Å². The molecule has 0 radical (unpaired) electrons. The number of carbonyl (C=O) groups is 2. The molecule has 12 heteroatoms. The lowest BCUT2D eigenvalue weighted by Gasteiger charge is -2.32. The van der Waals surface area contributed by atoms with Crippen LogP contribution in [-0.2, 0) is 26.2 Å². The summed E-state index contributed by atoms with van der Waals surface area (Å²) in [5, 5.41) is 3.56. The molecule has 220 valence electrons. The molecule has 0 aliphatic carbocycles. The summed E-state index contributed by atoms with van der Waals surface area (Å²) < 4.78 is 34.1. The van der Waals surface area contributed by atoms with Gasteiger partial charge in [-0.1, -0.05) is 65.5 Å². The minimum Gasteiger partial charge on any atom is -0.495 e. The van der Waals surface area contributed by atoms with E-state index in [0.717, 1.165) is 9.87 Å². The Morgan fingerprint density at radius 2 is 1.61 bits per heavy atom. The molecule has 0 spiro atoms. The van der Waals surface area contributed by atoms with Crippen molar-refractivity contribution in [1.29, 1.82) is 0 Å². The number of anilines is 1. The van der Waals surface area contributed by atoms with E-state index in [1.165, 1.54) is 42.3 Å². The van der Waals surface area contributed by atoms with Gasteiger partial charge in [-0.05, 0) is 62.7 Å². The summed E-state index contributed by atoms with van der Waals surface area (Å²) in [5.74, 6) is -0.711. The van der Waals surface area contributed by atoms with Crippen LogP contribution < -0.4 is 14.4 Å². The number of hydrogen-bond acceptors (Lipinski definition) is 5. The molecule has 0 heterocycles. The molecule has 0 saturated carbocycles. The molecule has 41 heavy (non-hydrogen) atoms. The van der Waals surface area contributed by atoms with Gasteiger partial charge in [0.15, 0.2) is 0 Å². The number of ether oxygens (including phenoxy) is 1. The van der Waals surface area contributed by atoms with Gasteiger partial charge in [0.2, 0.25) is 11.8 Å². The first-order chi connectivity index (χ1) is 19.4. The van der Waals surface area contributed by atoms with E-state index in [-0.39, 0.29) is 22.2 Å². The molecule has 3 aromatic rings. The predicted octanol–water partition coefficient (Wildman–Crippen LogP) is 6.10. The van der Waals surface area contributed by atoms with Crippen molar-refractivity contribution in [1.82, 2.24) is 10.2 Å². The Labute approximate surface area is 256 Å². The standard InChI is InChI=1S/C29H32Cl3N3O5S/c1-5-15-33-29(37)20(3)34(17-23-24(30)7-6-8-25(23)31)28(36)18-35(21-11-14-27(40-4)26(32)16-21)41(38,39)22-12-9-19(2)10-13-22/h6-14,16,20H,5,15,17-18H2,1-4H3,(H,33,37)/t20-/m0/s1. The minimum atomic E-state index is -4.25. The van der Waals surface area contributed by atoms with Gasteiger partial charge < -0.3 is 15.0 Å². The van der Waals surface area contributed by atoms with Gasteiger partial charge >= 0.3 is 0 Å². The van der Waals surface area contributed by atoms with Crippen LogP contribution in [0, 0.1) is 6.92 Å². The first-order valence-electron chi connectivity index (χ1n) is 12.8. The summed E-state index contributed by atoms with van der Waals surface area (Å²) in [5.41, 5.74) is 1.44. The van der Waals surface area contributed by atoms with Crippen LogP contribution in [0.5, 0.6) is 5.75 Å². The fourth-order valence-corrected chi connectivity index (χ4v) is 6.18. The Hall–Kier alpha value is -2.98. The number of nitrogens with zero attached hydrogens (tertiary/aromatic N) is 2. The van der Waals surface area contributed by atoms with E-state index in [1.807, 2.05) is 13.8 Å². The molecule has 0 aromatic heterocycles. The Balaban J connectivity index is 2.09. The van der Waals surface area contributed by atoms with E-state index >= 15 is 0 Å². The number of nitrogens with one attached hydrogen (secondary N) is 1. The van der Waals surface area contributed by atoms with Crippen LogP contribution in [-0.4, -0.2) is 51.4 Å². The maximum Gasteiger partial charge on any atom is 0.264 e. The Bertz CT molecular complexity index is 1480. The first kappa shape index (κ1) is 32.5. The van der Waals surface area contributed by atoms with E-state index in [2.05, 4.69) is 5.32 Å². The number of aryl methyl sites for hydroxylation is 1. The number of hydrogen-bond donors (Lipinski definition) is 1. The zero-order valence-corrected chi connectivity index (χ0v) is 26.2. The number of halogens is 3. The topological polar surface area (TPSA) is 96.0 Å². The van der Waals surface area contributed by atoms with Gasteiger partial charge in [-0.25, -0.2) is 8.42 Å². The lowest BCUT2D eigenvalue weighted by Crippen LogP contribution is -2.51. The third kappa shape index (κ3) is 7.86. The zero-order chi connectivity index (χ0) is 30.3. The second-order valence-corrected chi connectivity index (χ2v) is 12.4. The van der Waals surface area contributed by atoms with E-state index < -0.39 is 34.4 Å². The van der Waals surface area contributed by atoms with Gasteiger partial charge in [-0.2, -0.15) is 0 Å². The lowest BCUT2D eigenvalue weighted by molar-refractivity contribution is -0.139. The Morgan fingerprint density at radius 3 is 2.17 bits per heavy atom. The summed E-state index contributed by atoms with van der Waals surface area (Å²) in [6, 6.07) is 14.6. The van der Waals surface area contributed by atoms with Crippen molar-refractivity contribution in [2.24, 2.45) is 0 Å². The molecule has 3 aromatic carbocycles. The fraction of sp³-hybridized carbons (Fsp3) is 0.310. The van der Waals surface area contributed by atoms with Gasteiger partial charge in [0.25, 0.3) is 10.0 Å². The average molecular weight is 641 g/mol. The van der Waals surface area contributed by atoms with Crippen LogP contribution in [0.1, 0.15) is 31.4 Å². The third-order valence-electron chi connectivity index (χ3n) is 6.42. The second kappa shape index (κ2) is 14.3. The average Bonchev–Trinajstić information content (AvgIpc) is 2.94. The summed E-state index contributed by atoms with van der Waals surface area (Å²) in [4.78, 5) is 28.3. The number of methoxy groups -OCH3 is 1. The zero-order valence-electron chi connectivity index (χ0n) is 23.2. The van der Waals surface area contributed by atoms with Crippen LogP contribution in [0.25, 0.3) is 0 Å². The maximum atomic E-state index is 14.0. The number of sulfonamides is 1. The van der Waals surface area contributed by atoms with Crippen molar-refractivity contribution in [3.05, 3.63) is 86.9 Å². The van der Waals surface area contributed by atoms with Gasteiger partial charge in [-0.3, -0.25) is 13.9 Å². The van der Waals surface area contributed by atoms with Crippen LogP contribution in [0.4, 0.5) is 5.69 Å². The molecule has 2 amide bonds. The molecule has 1 N–H and O–H groups in total. The molecule has 8 nitrogen and oxygen atoms in total. The number of amides is 2. The SMILES string of the molecule is CCCNC(=O)[C@H](C)N(Cc1c(Cl)cccc1Cl)C(=O)CN(c1ccc(OC)c(Cl)c1)S(=O)(=O)c1ccc(C)cc1. The second-order valence-electron chi connectivity index (χ2n) is 9.33. The molecule has 0 unspecified atom stereocenters.